The number of methoxy groups -OCH3 is 1. The van der Waals surface area contributed by atoms with Crippen LogP contribution in [0.15, 0.2) is 47.9 Å². The van der Waals surface area contributed by atoms with Crippen molar-refractivity contribution >= 4 is 26.7 Å². The van der Waals surface area contributed by atoms with Gasteiger partial charge >= 0.3 is 0 Å². The van der Waals surface area contributed by atoms with Crippen LogP contribution in [-0.2, 0) is 10.0 Å². The molecule has 4 aromatic heterocycles. The lowest BCUT2D eigenvalue weighted by atomic mass is 10.0. The maximum Gasteiger partial charge on any atom is 0.268 e. The van der Waals surface area contributed by atoms with Crippen molar-refractivity contribution < 1.29 is 30.7 Å². The summed E-state index contributed by atoms with van der Waals surface area (Å²) in [5, 5.41) is 6.76. The third-order valence-electron chi connectivity index (χ3n) is 5.14. The number of aromatic amines is 2. The number of ether oxygens (including phenoxy) is 1. The molecule has 5 rings (SSSR count). The Morgan fingerprint density at radius 3 is 2.56 bits per heavy atom. The van der Waals surface area contributed by atoms with E-state index in [-0.39, 0.29) is 16.6 Å². The highest BCUT2D eigenvalue weighted by Gasteiger charge is 2.28. The summed E-state index contributed by atoms with van der Waals surface area (Å²) in [6, 6.07) is 3.08. The molecule has 0 aliphatic carbocycles. The second kappa shape index (κ2) is 8.60. The molecule has 0 bridgehead atoms. The van der Waals surface area contributed by atoms with Crippen LogP contribution >= 0.6 is 0 Å². The van der Waals surface area contributed by atoms with Crippen LogP contribution in [0.1, 0.15) is 0 Å². The summed E-state index contributed by atoms with van der Waals surface area (Å²) in [4.78, 5) is 13.1. The first-order valence-electron chi connectivity index (χ1n) is 9.94. The number of hydrogen-bond acceptors (Lipinski definition) is 7. The number of benzene rings is 1. The Balaban J connectivity index is 1.60. The van der Waals surface area contributed by atoms with E-state index < -0.39 is 61.0 Å². The van der Waals surface area contributed by atoms with Crippen LogP contribution in [0.5, 0.6) is 5.88 Å². The molecule has 4 heterocycles. The van der Waals surface area contributed by atoms with E-state index in [0.29, 0.717) is 18.1 Å². The van der Waals surface area contributed by atoms with Crippen molar-refractivity contribution in [3.05, 3.63) is 66.3 Å². The molecular weight excluding hydrogens is 506 g/mol. The highest BCUT2D eigenvalue weighted by atomic mass is 32.2. The van der Waals surface area contributed by atoms with E-state index in [4.69, 9.17) is 4.74 Å². The highest BCUT2D eigenvalue weighted by Crippen LogP contribution is 2.36. The van der Waals surface area contributed by atoms with Crippen LogP contribution in [0, 0.1) is 23.3 Å². The van der Waals surface area contributed by atoms with Gasteiger partial charge in [-0.2, -0.15) is 5.10 Å². The van der Waals surface area contributed by atoms with Crippen molar-refractivity contribution in [3.63, 3.8) is 0 Å². The zero-order valence-electron chi connectivity index (χ0n) is 18.0. The van der Waals surface area contributed by atoms with Crippen LogP contribution in [0.25, 0.3) is 33.5 Å². The summed E-state index contributed by atoms with van der Waals surface area (Å²) in [6.07, 6.45) is 4.25. The number of sulfonamides is 1. The number of anilines is 1. The Labute approximate surface area is 199 Å². The first-order valence-corrected chi connectivity index (χ1v) is 11.4. The number of nitrogens with one attached hydrogen (secondary N) is 3. The molecule has 184 valence electrons. The lowest BCUT2D eigenvalue weighted by Gasteiger charge is -2.13. The van der Waals surface area contributed by atoms with Gasteiger partial charge in [0, 0.05) is 29.4 Å². The minimum absolute atomic E-state index is 0.160. The number of pyridine rings is 2. The van der Waals surface area contributed by atoms with Gasteiger partial charge in [0.25, 0.3) is 10.0 Å². The summed E-state index contributed by atoms with van der Waals surface area (Å²) < 4.78 is 91.3. The number of nitrogens with zero attached hydrogens (tertiary/aromatic N) is 4. The Kier molecular flexibility index (Phi) is 5.55. The van der Waals surface area contributed by atoms with Crippen molar-refractivity contribution in [1.29, 1.82) is 0 Å². The minimum Gasteiger partial charge on any atom is -0.480 e. The van der Waals surface area contributed by atoms with Crippen molar-refractivity contribution in [2.24, 2.45) is 0 Å². The lowest BCUT2D eigenvalue weighted by Crippen LogP contribution is -2.17. The van der Waals surface area contributed by atoms with Gasteiger partial charge in [-0.1, -0.05) is 6.07 Å². The highest BCUT2D eigenvalue weighted by molar-refractivity contribution is 7.92. The van der Waals surface area contributed by atoms with Crippen LogP contribution in [0.2, 0.25) is 0 Å². The maximum atomic E-state index is 15.4. The molecule has 10 nitrogen and oxygen atoms in total. The Morgan fingerprint density at radius 1 is 1.03 bits per heavy atom. The minimum atomic E-state index is -4.70. The smallest absolute Gasteiger partial charge is 0.268 e. The molecule has 5 aromatic rings. The summed E-state index contributed by atoms with van der Waals surface area (Å²) in [7, 11) is -3.61. The molecule has 0 unspecified atom stereocenters. The number of H-pyrrole nitrogens is 2. The SMILES string of the molecule is COc1ncc(F)cc1S(=O)(=O)Nc1ncc(F)c(-c2ccc3c(-c4ncc[nH]4)n[nH]c3c2F)c1F. The topological polar surface area (TPSA) is 139 Å². The van der Waals surface area contributed by atoms with Crippen LogP contribution in [0.3, 0.4) is 0 Å². The Morgan fingerprint density at radius 2 is 1.83 bits per heavy atom. The second-order valence-electron chi connectivity index (χ2n) is 7.27. The number of imidazole rings is 1. The fourth-order valence-corrected chi connectivity index (χ4v) is 4.68. The molecule has 3 N–H and O–H groups in total. The van der Waals surface area contributed by atoms with E-state index in [2.05, 4.69) is 30.1 Å². The van der Waals surface area contributed by atoms with Crippen LogP contribution < -0.4 is 9.46 Å². The van der Waals surface area contributed by atoms with E-state index in [0.717, 1.165) is 19.4 Å². The Bertz CT molecular complexity index is 1720. The van der Waals surface area contributed by atoms with Gasteiger partial charge < -0.3 is 9.72 Å². The van der Waals surface area contributed by atoms with Gasteiger partial charge in [0.1, 0.15) is 17.0 Å². The molecule has 36 heavy (non-hydrogen) atoms. The van der Waals surface area contributed by atoms with E-state index in [1.165, 1.54) is 12.3 Å². The fourth-order valence-electron chi connectivity index (χ4n) is 3.54. The quantitative estimate of drug-likeness (QED) is 0.290. The largest absolute Gasteiger partial charge is 0.480 e. The molecule has 15 heteroatoms. The number of aromatic nitrogens is 6. The molecule has 0 spiro atoms. The number of halogens is 4. The maximum absolute atomic E-state index is 15.4. The Hall–Kier alpha value is -4.53. The molecule has 0 radical (unpaired) electrons. The van der Waals surface area contributed by atoms with E-state index in [1.54, 1.807) is 10.9 Å². The van der Waals surface area contributed by atoms with E-state index >= 15 is 8.78 Å². The lowest BCUT2D eigenvalue weighted by molar-refractivity contribution is 0.382. The zero-order valence-corrected chi connectivity index (χ0v) is 18.8. The summed E-state index contributed by atoms with van der Waals surface area (Å²) in [5.74, 6) is -5.92. The van der Waals surface area contributed by atoms with E-state index in [1.807, 2.05) is 0 Å². The molecule has 0 saturated heterocycles. The van der Waals surface area contributed by atoms with Gasteiger partial charge in [0.2, 0.25) is 5.88 Å². The summed E-state index contributed by atoms with van der Waals surface area (Å²) >= 11 is 0. The van der Waals surface area contributed by atoms with Gasteiger partial charge in [0.15, 0.2) is 34.0 Å². The average molecular weight is 519 g/mol. The number of hydrogen-bond donors (Lipinski definition) is 3. The molecule has 0 amide bonds. The molecule has 1 aromatic carbocycles. The van der Waals surface area contributed by atoms with Gasteiger partial charge in [-0.05, 0) is 6.07 Å². The third kappa shape index (κ3) is 3.78. The number of fused-ring (bicyclic) bond motifs is 1. The van der Waals surface area contributed by atoms with Crippen molar-refractivity contribution in [1.82, 2.24) is 30.1 Å². The fraction of sp³-hybridized carbons (Fsp3) is 0.0476. The molecule has 0 saturated carbocycles. The zero-order chi connectivity index (χ0) is 25.6. The van der Waals surface area contributed by atoms with Gasteiger partial charge in [0.05, 0.1) is 25.1 Å². The first-order chi connectivity index (χ1) is 17.2. The third-order valence-corrected chi connectivity index (χ3v) is 6.47. The predicted octanol–water partition coefficient (Wildman–Crippen LogP) is 3.78. The van der Waals surface area contributed by atoms with Crippen molar-refractivity contribution in [2.45, 2.75) is 4.90 Å². The molecule has 0 aliphatic rings. The van der Waals surface area contributed by atoms with E-state index in [9.17, 15) is 17.2 Å². The number of rotatable bonds is 6. The van der Waals surface area contributed by atoms with Gasteiger partial charge in [-0.15, -0.1) is 0 Å². The van der Waals surface area contributed by atoms with Crippen molar-refractivity contribution in [3.8, 4) is 28.5 Å². The summed E-state index contributed by atoms with van der Waals surface area (Å²) in [6.45, 7) is 0. The summed E-state index contributed by atoms with van der Waals surface area (Å²) in [5.41, 5.74) is -1.30. The monoisotopic (exact) mass is 519 g/mol. The van der Waals surface area contributed by atoms with Crippen molar-refractivity contribution in [2.75, 3.05) is 11.8 Å². The normalized spacial score (nSPS) is 11.7. The molecule has 0 fully saturated rings. The van der Waals surface area contributed by atoms with Gasteiger partial charge in [-0.25, -0.2) is 40.9 Å². The first kappa shape index (κ1) is 23.2. The second-order valence-corrected chi connectivity index (χ2v) is 8.92. The average Bonchev–Trinajstić information content (AvgIpc) is 3.52. The molecular formula is C21H13F4N7O3S. The molecule has 0 atom stereocenters. The standard InChI is InChI=1S/C21H13F4N7O3S/c1-35-21-13(6-9(22)7-29-21)36(33,34)32-19-16(25)14(12(23)8-28-19)10-2-3-11-17(15(10)24)30-31-18(11)20-26-4-5-27-20/h2-8H,1H3,(H,26,27)(H,28,32)(H,30,31). The van der Waals surface area contributed by atoms with Crippen LogP contribution in [0.4, 0.5) is 23.4 Å². The predicted molar refractivity (Wildman–Crippen MR) is 118 cm³/mol. The van der Waals surface area contributed by atoms with Gasteiger partial charge in [-0.3, -0.25) is 9.82 Å². The molecule has 0 aliphatic heterocycles. The van der Waals surface area contributed by atoms with Crippen LogP contribution in [-0.4, -0.2) is 45.7 Å².